The number of methoxy groups -OCH3 is 1. The summed E-state index contributed by atoms with van der Waals surface area (Å²) in [6.07, 6.45) is 2.65. The van der Waals surface area contributed by atoms with Crippen LogP contribution in [0.25, 0.3) is 21.8 Å². The molecule has 0 amide bonds. The van der Waals surface area contributed by atoms with E-state index in [0.717, 1.165) is 44.4 Å². The number of rotatable bonds is 6. The first kappa shape index (κ1) is 19.8. The van der Waals surface area contributed by atoms with Crippen molar-refractivity contribution in [1.29, 1.82) is 0 Å². The lowest BCUT2D eigenvalue weighted by molar-refractivity contribution is 0.0603. The second kappa shape index (κ2) is 8.55. The van der Waals surface area contributed by atoms with Gasteiger partial charge >= 0.3 is 5.97 Å². The van der Waals surface area contributed by atoms with E-state index in [2.05, 4.69) is 16.0 Å². The Bertz CT molecular complexity index is 1400. The summed E-state index contributed by atoms with van der Waals surface area (Å²) in [6.45, 7) is 0.412. The zero-order valence-electron chi connectivity index (χ0n) is 17.7. The van der Waals surface area contributed by atoms with Gasteiger partial charge in [-0.25, -0.2) is 9.78 Å². The minimum Gasteiger partial charge on any atom is -0.487 e. The topological polar surface area (TPSA) is 64.2 Å². The van der Waals surface area contributed by atoms with Gasteiger partial charge in [0.25, 0.3) is 0 Å². The molecule has 158 valence electrons. The molecule has 32 heavy (non-hydrogen) atoms. The van der Waals surface area contributed by atoms with Gasteiger partial charge in [0.2, 0.25) is 0 Å². The van der Waals surface area contributed by atoms with Crippen LogP contribution in [0.3, 0.4) is 0 Å². The summed E-state index contributed by atoms with van der Waals surface area (Å²) in [5.74, 6) is 0.459. The lowest BCUT2D eigenvalue weighted by Gasteiger charge is -2.08. The van der Waals surface area contributed by atoms with Gasteiger partial charge in [-0.1, -0.05) is 42.5 Å². The van der Waals surface area contributed by atoms with Crippen molar-refractivity contribution in [2.75, 3.05) is 7.11 Å². The van der Waals surface area contributed by atoms with Crippen molar-refractivity contribution in [3.05, 3.63) is 107 Å². The first-order valence-corrected chi connectivity index (χ1v) is 10.4. The largest absolute Gasteiger partial charge is 0.487 e. The summed E-state index contributed by atoms with van der Waals surface area (Å²) in [5.41, 5.74) is 5.53. The molecule has 2 aromatic heterocycles. The average molecular weight is 422 g/mol. The van der Waals surface area contributed by atoms with E-state index in [1.165, 1.54) is 7.11 Å². The highest BCUT2D eigenvalue weighted by molar-refractivity contribution is 6.05. The van der Waals surface area contributed by atoms with Crippen LogP contribution in [0.2, 0.25) is 0 Å². The molecule has 0 saturated heterocycles. The molecule has 5 heteroatoms. The molecule has 0 aliphatic carbocycles. The normalized spacial score (nSPS) is 11.0. The van der Waals surface area contributed by atoms with Crippen molar-refractivity contribution < 1.29 is 14.3 Å². The van der Waals surface area contributed by atoms with Gasteiger partial charge in [0.1, 0.15) is 12.4 Å². The molecular weight excluding hydrogens is 400 g/mol. The molecule has 2 heterocycles. The molecular formula is C27H22N2O3. The lowest BCUT2D eigenvalue weighted by atomic mass is 10.0. The van der Waals surface area contributed by atoms with Gasteiger partial charge in [0.15, 0.2) is 0 Å². The van der Waals surface area contributed by atoms with Crippen molar-refractivity contribution in [1.82, 2.24) is 9.97 Å². The summed E-state index contributed by atoms with van der Waals surface area (Å²) >= 11 is 0. The molecule has 5 aromatic rings. The van der Waals surface area contributed by atoms with Crippen molar-refractivity contribution in [3.63, 3.8) is 0 Å². The highest BCUT2D eigenvalue weighted by Gasteiger charge is 2.15. The maximum absolute atomic E-state index is 12.2. The average Bonchev–Trinajstić information content (AvgIpc) is 3.26. The summed E-state index contributed by atoms with van der Waals surface area (Å²) in [4.78, 5) is 20.1. The fourth-order valence-corrected chi connectivity index (χ4v) is 3.94. The molecule has 0 bridgehead atoms. The molecule has 0 radical (unpaired) electrons. The number of carbonyl (C=O) groups excluding carboxylic acids is 1. The molecule has 0 atom stereocenters. The van der Waals surface area contributed by atoms with E-state index in [1.54, 1.807) is 6.07 Å². The Balaban J connectivity index is 1.30. The quantitative estimate of drug-likeness (QED) is 0.358. The fraction of sp³-hybridized carbons (Fsp3) is 0.111. The van der Waals surface area contributed by atoms with Crippen molar-refractivity contribution in [2.45, 2.75) is 13.0 Å². The minimum atomic E-state index is -0.331. The van der Waals surface area contributed by atoms with E-state index in [-0.39, 0.29) is 5.97 Å². The number of H-pyrrole nitrogens is 1. The maximum Gasteiger partial charge on any atom is 0.338 e. The molecule has 0 fully saturated rings. The molecule has 0 unspecified atom stereocenters. The molecule has 5 rings (SSSR count). The Morgan fingerprint density at radius 1 is 0.938 bits per heavy atom. The molecule has 1 N–H and O–H groups in total. The van der Waals surface area contributed by atoms with Gasteiger partial charge in [-0.2, -0.15) is 0 Å². The second-order valence-electron chi connectivity index (χ2n) is 7.64. The fourth-order valence-electron chi connectivity index (χ4n) is 3.94. The third kappa shape index (κ3) is 3.93. The standard InChI is InChI=1S/C27H22N2O3/c1-31-27(30)23-6-4-8-25-26(23)20(16-28-25)15-18-9-13-22(14-10-18)32-17-21-12-11-19-5-2-3-7-24(19)29-21/h2-14,16,28H,15,17H2,1H3. The minimum absolute atomic E-state index is 0.331. The highest BCUT2D eigenvalue weighted by Crippen LogP contribution is 2.26. The van der Waals surface area contributed by atoms with E-state index >= 15 is 0 Å². The van der Waals surface area contributed by atoms with Crippen LogP contribution in [0.5, 0.6) is 5.75 Å². The van der Waals surface area contributed by atoms with E-state index in [0.29, 0.717) is 18.6 Å². The smallest absolute Gasteiger partial charge is 0.338 e. The number of nitrogens with zero attached hydrogens (tertiary/aromatic N) is 1. The van der Waals surface area contributed by atoms with Gasteiger partial charge in [-0.3, -0.25) is 0 Å². The molecule has 5 nitrogen and oxygen atoms in total. The summed E-state index contributed by atoms with van der Waals surface area (Å²) < 4.78 is 10.9. The Hall–Kier alpha value is -4.12. The van der Waals surface area contributed by atoms with Crippen LogP contribution in [-0.2, 0) is 17.8 Å². The van der Waals surface area contributed by atoms with Crippen LogP contribution in [0.15, 0.2) is 85.1 Å². The van der Waals surface area contributed by atoms with Crippen molar-refractivity contribution >= 4 is 27.8 Å². The van der Waals surface area contributed by atoms with Crippen LogP contribution in [0.4, 0.5) is 0 Å². The van der Waals surface area contributed by atoms with Crippen molar-refractivity contribution in [2.24, 2.45) is 0 Å². The Kier molecular flexibility index (Phi) is 5.30. The number of hydrogen-bond acceptors (Lipinski definition) is 4. The lowest BCUT2D eigenvalue weighted by Crippen LogP contribution is -2.02. The van der Waals surface area contributed by atoms with E-state index in [9.17, 15) is 4.79 Å². The first-order chi connectivity index (χ1) is 15.7. The zero-order chi connectivity index (χ0) is 21.9. The number of ether oxygens (including phenoxy) is 2. The van der Waals surface area contributed by atoms with Gasteiger partial charge in [0.05, 0.1) is 23.9 Å². The number of nitrogens with one attached hydrogen (secondary N) is 1. The van der Waals surface area contributed by atoms with Crippen LogP contribution < -0.4 is 4.74 Å². The summed E-state index contributed by atoms with van der Waals surface area (Å²) in [7, 11) is 1.40. The monoisotopic (exact) mass is 422 g/mol. The Morgan fingerprint density at radius 2 is 1.78 bits per heavy atom. The van der Waals surface area contributed by atoms with Crippen LogP contribution in [0.1, 0.15) is 27.2 Å². The number of benzene rings is 3. The van der Waals surface area contributed by atoms with Gasteiger partial charge < -0.3 is 14.5 Å². The maximum atomic E-state index is 12.2. The highest BCUT2D eigenvalue weighted by atomic mass is 16.5. The Morgan fingerprint density at radius 3 is 2.62 bits per heavy atom. The number of pyridine rings is 1. The first-order valence-electron chi connectivity index (χ1n) is 10.4. The number of aromatic nitrogens is 2. The molecule has 0 aliphatic heterocycles. The number of esters is 1. The number of aromatic amines is 1. The third-order valence-corrected chi connectivity index (χ3v) is 5.55. The summed E-state index contributed by atoms with van der Waals surface area (Å²) in [5, 5.41) is 2.02. The van der Waals surface area contributed by atoms with E-state index in [4.69, 9.17) is 9.47 Å². The van der Waals surface area contributed by atoms with Gasteiger partial charge in [-0.05, 0) is 53.9 Å². The number of hydrogen-bond donors (Lipinski definition) is 1. The second-order valence-corrected chi connectivity index (χ2v) is 7.64. The molecule has 0 saturated carbocycles. The van der Waals surface area contributed by atoms with Gasteiger partial charge in [0, 0.05) is 22.5 Å². The SMILES string of the molecule is COC(=O)c1cccc2[nH]cc(Cc3ccc(OCc4ccc5ccccc5n4)cc3)c12. The zero-order valence-corrected chi connectivity index (χ0v) is 17.7. The van der Waals surface area contributed by atoms with Crippen molar-refractivity contribution in [3.8, 4) is 5.75 Å². The number of para-hydroxylation sites is 1. The number of carbonyl (C=O) groups is 1. The predicted molar refractivity (Wildman–Crippen MR) is 125 cm³/mol. The van der Waals surface area contributed by atoms with E-state index in [1.807, 2.05) is 72.9 Å². The van der Waals surface area contributed by atoms with Crippen LogP contribution in [-0.4, -0.2) is 23.0 Å². The predicted octanol–water partition coefficient (Wildman–Crippen LogP) is 5.67. The summed E-state index contributed by atoms with van der Waals surface area (Å²) in [6, 6.07) is 25.7. The van der Waals surface area contributed by atoms with E-state index < -0.39 is 0 Å². The molecule has 0 aliphatic rings. The van der Waals surface area contributed by atoms with Crippen LogP contribution in [0, 0.1) is 0 Å². The van der Waals surface area contributed by atoms with Crippen LogP contribution >= 0.6 is 0 Å². The Labute approximate surface area is 185 Å². The third-order valence-electron chi connectivity index (χ3n) is 5.55. The molecule has 3 aromatic carbocycles. The molecule has 0 spiro atoms. The van der Waals surface area contributed by atoms with Gasteiger partial charge in [-0.15, -0.1) is 0 Å². The number of fused-ring (bicyclic) bond motifs is 2.